The van der Waals surface area contributed by atoms with Crippen LogP contribution in [0.3, 0.4) is 0 Å². The lowest BCUT2D eigenvalue weighted by Gasteiger charge is -2.20. The summed E-state index contributed by atoms with van der Waals surface area (Å²) in [5, 5.41) is 2.40. The summed E-state index contributed by atoms with van der Waals surface area (Å²) in [6.45, 7) is 1.59. The van der Waals surface area contributed by atoms with E-state index in [1.165, 1.54) is 0 Å². The summed E-state index contributed by atoms with van der Waals surface area (Å²) >= 11 is 0. The number of nitrogens with one attached hydrogen (secondary N) is 1. The first-order valence-corrected chi connectivity index (χ1v) is 6.07. The van der Waals surface area contributed by atoms with Crippen molar-refractivity contribution in [2.75, 3.05) is 0 Å². The van der Waals surface area contributed by atoms with Gasteiger partial charge in [0.15, 0.2) is 0 Å². The Hall–Kier alpha value is -1.73. The van der Waals surface area contributed by atoms with E-state index in [1.807, 2.05) is 0 Å². The van der Waals surface area contributed by atoms with E-state index >= 15 is 0 Å². The average Bonchev–Trinajstić information content (AvgIpc) is 2.65. The second kappa shape index (κ2) is 4.92. The molecule has 21 heavy (non-hydrogen) atoms. The van der Waals surface area contributed by atoms with E-state index in [0.29, 0.717) is 12.1 Å². The lowest BCUT2D eigenvalue weighted by Crippen LogP contribution is -2.22. The molecule has 0 radical (unpaired) electrons. The minimum absolute atomic E-state index is 0.0717. The minimum atomic E-state index is -4.89. The monoisotopic (exact) mass is 311 g/mol. The molecule has 116 valence electrons. The van der Waals surface area contributed by atoms with Crippen molar-refractivity contribution in [1.82, 2.24) is 5.32 Å². The molecular weight excluding hydrogens is 300 g/mol. The Balaban J connectivity index is 2.53. The molecule has 1 aliphatic rings. The van der Waals surface area contributed by atoms with Gasteiger partial charge in [-0.25, -0.2) is 0 Å². The van der Waals surface area contributed by atoms with Gasteiger partial charge < -0.3 is 5.32 Å². The van der Waals surface area contributed by atoms with E-state index < -0.39 is 35.4 Å². The molecule has 0 spiro atoms. The lowest BCUT2D eigenvalue weighted by atomic mass is 9.93. The highest BCUT2D eigenvalue weighted by Crippen LogP contribution is 2.39. The van der Waals surface area contributed by atoms with Gasteiger partial charge in [-0.2, -0.15) is 26.3 Å². The van der Waals surface area contributed by atoms with Gasteiger partial charge in [-0.05, 0) is 29.7 Å². The van der Waals surface area contributed by atoms with Crippen LogP contribution in [0.5, 0.6) is 0 Å². The Morgan fingerprint density at radius 1 is 1.00 bits per heavy atom. The van der Waals surface area contributed by atoms with Crippen molar-refractivity contribution in [2.45, 2.75) is 31.7 Å². The maximum absolute atomic E-state index is 12.7. The molecule has 1 N–H and O–H groups in total. The van der Waals surface area contributed by atoms with Crippen LogP contribution in [0.4, 0.5) is 26.3 Å². The van der Waals surface area contributed by atoms with Crippen molar-refractivity contribution in [2.24, 2.45) is 5.92 Å². The predicted molar refractivity (Wildman–Crippen MR) is 61.1 cm³/mol. The fraction of sp³-hybridized carbons (Fsp3) is 0.462. The van der Waals surface area contributed by atoms with Gasteiger partial charge in [-0.1, -0.05) is 6.92 Å². The summed E-state index contributed by atoms with van der Waals surface area (Å²) in [5.41, 5.74) is -2.93. The van der Waals surface area contributed by atoms with Crippen molar-refractivity contribution >= 4 is 5.91 Å². The molecule has 0 aliphatic carbocycles. The highest BCUT2D eigenvalue weighted by atomic mass is 19.4. The normalized spacial score (nSPS) is 23.3. The van der Waals surface area contributed by atoms with Gasteiger partial charge in [0.1, 0.15) is 0 Å². The van der Waals surface area contributed by atoms with Crippen molar-refractivity contribution in [1.29, 1.82) is 0 Å². The topological polar surface area (TPSA) is 29.1 Å². The average molecular weight is 311 g/mol. The Bertz CT molecular complexity index is 531. The summed E-state index contributed by atoms with van der Waals surface area (Å²) in [7, 11) is 0. The zero-order valence-electron chi connectivity index (χ0n) is 10.8. The fourth-order valence-electron chi connectivity index (χ4n) is 2.36. The van der Waals surface area contributed by atoms with Crippen LogP contribution >= 0.6 is 0 Å². The van der Waals surface area contributed by atoms with Crippen LogP contribution in [0.15, 0.2) is 18.2 Å². The van der Waals surface area contributed by atoms with Gasteiger partial charge in [-0.3, -0.25) is 4.79 Å². The highest BCUT2D eigenvalue weighted by molar-refractivity contribution is 5.79. The van der Waals surface area contributed by atoms with Crippen LogP contribution in [-0.4, -0.2) is 5.91 Å². The molecule has 8 heteroatoms. The predicted octanol–water partition coefficient (Wildman–Crippen LogP) is 3.92. The maximum atomic E-state index is 12.7. The lowest BCUT2D eigenvalue weighted by molar-refractivity contribution is -0.143. The van der Waals surface area contributed by atoms with E-state index in [2.05, 4.69) is 5.32 Å². The third kappa shape index (κ3) is 3.30. The van der Waals surface area contributed by atoms with E-state index in [4.69, 9.17) is 0 Å². The molecule has 0 saturated carbocycles. The largest absolute Gasteiger partial charge is 0.416 e. The maximum Gasteiger partial charge on any atom is 0.416 e. The first kappa shape index (κ1) is 15.7. The third-order valence-corrected chi connectivity index (χ3v) is 3.36. The SMILES string of the molecule is C[C@H]1CC(=O)N[C@@H]1c1cc(C(F)(F)F)cc(C(F)(F)F)c1. The smallest absolute Gasteiger partial charge is 0.349 e. The third-order valence-electron chi connectivity index (χ3n) is 3.36. The van der Waals surface area contributed by atoms with E-state index in [9.17, 15) is 31.1 Å². The molecule has 1 saturated heterocycles. The Morgan fingerprint density at radius 2 is 1.48 bits per heavy atom. The molecule has 2 atom stereocenters. The highest BCUT2D eigenvalue weighted by Gasteiger charge is 2.39. The van der Waals surface area contributed by atoms with Crippen molar-refractivity contribution in [3.63, 3.8) is 0 Å². The van der Waals surface area contributed by atoms with E-state index in [1.54, 1.807) is 6.92 Å². The summed E-state index contributed by atoms with van der Waals surface area (Å²) < 4.78 is 76.5. The second-order valence-electron chi connectivity index (χ2n) is 5.07. The van der Waals surface area contributed by atoms with Crippen LogP contribution in [0.25, 0.3) is 0 Å². The minimum Gasteiger partial charge on any atom is -0.349 e. The van der Waals surface area contributed by atoms with Crippen LogP contribution in [0.1, 0.15) is 36.1 Å². The molecule has 2 rings (SSSR count). The number of carbonyl (C=O) groups excluding carboxylic acids is 1. The molecule has 1 heterocycles. The summed E-state index contributed by atoms with van der Waals surface area (Å²) in [5.74, 6) is -0.763. The van der Waals surface area contributed by atoms with Gasteiger partial charge >= 0.3 is 12.4 Å². The zero-order chi connectivity index (χ0) is 16.0. The summed E-state index contributed by atoms with van der Waals surface area (Å²) in [4.78, 5) is 11.2. The molecule has 1 aromatic carbocycles. The molecule has 1 aliphatic heterocycles. The van der Waals surface area contributed by atoms with Crippen molar-refractivity contribution < 1.29 is 31.1 Å². The van der Waals surface area contributed by atoms with Crippen LogP contribution in [0.2, 0.25) is 0 Å². The van der Waals surface area contributed by atoms with E-state index in [0.717, 1.165) is 0 Å². The first-order chi connectivity index (χ1) is 9.48. The number of hydrogen-bond donors (Lipinski definition) is 1. The van der Waals surface area contributed by atoms with Gasteiger partial charge in [0, 0.05) is 6.42 Å². The number of halogens is 6. The Kier molecular flexibility index (Phi) is 3.67. The molecule has 1 aromatic rings. The number of benzene rings is 1. The molecule has 2 nitrogen and oxygen atoms in total. The molecule has 0 unspecified atom stereocenters. The standard InChI is InChI=1S/C13H11F6NO/c1-6-2-10(21)20-11(6)7-3-8(12(14,15)16)5-9(4-7)13(17,18)19/h3-6,11H,2H2,1H3,(H,20,21)/t6-,11-/m0/s1. The zero-order valence-corrected chi connectivity index (χ0v) is 10.8. The number of amides is 1. The second-order valence-corrected chi connectivity index (χ2v) is 5.07. The van der Waals surface area contributed by atoms with Crippen molar-refractivity contribution in [3.8, 4) is 0 Å². The number of hydrogen-bond acceptors (Lipinski definition) is 1. The summed E-state index contributed by atoms with van der Waals surface area (Å²) in [6, 6.07) is 0.537. The molecule has 0 bridgehead atoms. The van der Waals surface area contributed by atoms with Gasteiger partial charge in [0.05, 0.1) is 17.2 Å². The number of alkyl halides is 6. The van der Waals surface area contributed by atoms with Crippen LogP contribution < -0.4 is 5.32 Å². The number of carbonyl (C=O) groups is 1. The van der Waals surface area contributed by atoms with Crippen LogP contribution in [0, 0.1) is 5.92 Å². The fourth-order valence-corrected chi connectivity index (χ4v) is 2.36. The van der Waals surface area contributed by atoms with Gasteiger partial charge in [0.2, 0.25) is 5.91 Å². The molecule has 1 amide bonds. The van der Waals surface area contributed by atoms with Crippen molar-refractivity contribution in [3.05, 3.63) is 34.9 Å². The Morgan fingerprint density at radius 3 is 1.81 bits per heavy atom. The molecule has 0 aromatic heterocycles. The molecule has 1 fully saturated rings. The summed E-state index contributed by atoms with van der Waals surface area (Å²) in [6.07, 6.45) is -9.70. The first-order valence-electron chi connectivity index (χ1n) is 6.07. The quantitative estimate of drug-likeness (QED) is 0.783. The van der Waals surface area contributed by atoms with Gasteiger partial charge in [-0.15, -0.1) is 0 Å². The number of rotatable bonds is 1. The van der Waals surface area contributed by atoms with Crippen LogP contribution in [-0.2, 0) is 17.1 Å². The molecular formula is C13H11F6NO. The van der Waals surface area contributed by atoms with Gasteiger partial charge in [0.25, 0.3) is 0 Å². The Labute approximate surface area is 116 Å². The van der Waals surface area contributed by atoms with E-state index in [-0.39, 0.29) is 24.0 Å².